The molecule has 4 heteroatoms. The smallest absolute Gasteiger partial charge is 0.155 e. The zero-order chi connectivity index (χ0) is 12.4. The van der Waals surface area contributed by atoms with Crippen molar-refractivity contribution in [1.29, 1.82) is 0 Å². The minimum atomic E-state index is 0.582. The highest BCUT2D eigenvalue weighted by molar-refractivity contribution is 5.81. The van der Waals surface area contributed by atoms with E-state index in [4.69, 9.17) is 10.2 Å². The molecule has 0 aliphatic heterocycles. The minimum Gasteiger partial charge on any atom is -0.454 e. The largest absolute Gasteiger partial charge is 0.454 e. The maximum atomic E-state index is 5.73. The Labute approximate surface area is 104 Å². The molecule has 2 aromatic heterocycles. The van der Waals surface area contributed by atoms with Crippen molar-refractivity contribution in [3.05, 3.63) is 48.4 Å². The highest BCUT2D eigenvalue weighted by Gasteiger charge is 2.07. The van der Waals surface area contributed by atoms with Crippen molar-refractivity contribution in [1.82, 2.24) is 9.97 Å². The molecule has 3 aromatic rings. The van der Waals surface area contributed by atoms with Crippen molar-refractivity contribution in [2.45, 2.75) is 6.42 Å². The maximum Gasteiger partial charge on any atom is 0.155 e. The summed E-state index contributed by atoms with van der Waals surface area (Å²) >= 11 is 0. The number of nitrogens with two attached hydrogens (primary N) is 1. The molecule has 0 saturated heterocycles. The van der Waals surface area contributed by atoms with Gasteiger partial charge in [-0.3, -0.25) is 4.98 Å². The molecule has 90 valence electrons. The second-order valence-corrected chi connectivity index (χ2v) is 4.08. The third kappa shape index (κ3) is 1.98. The lowest BCUT2D eigenvalue weighted by molar-refractivity contribution is 0.628. The van der Waals surface area contributed by atoms with E-state index in [1.807, 2.05) is 30.3 Å². The fourth-order valence-electron chi connectivity index (χ4n) is 1.87. The molecule has 3 rings (SSSR count). The fourth-order valence-corrected chi connectivity index (χ4v) is 1.87. The summed E-state index contributed by atoms with van der Waals surface area (Å²) in [7, 11) is 0. The standard InChI is InChI=1S/C14H13N3O/c15-6-5-11-8-17-12(9-16-11)14-7-10-3-1-2-4-13(10)18-14/h1-4,7-9H,5-6,15H2. The lowest BCUT2D eigenvalue weighted by atomic mass is 10.2. The number of furan rings is 1. The number of hydrogen-bond acceptors (Lipinski definition) is 4. The minimum absolute atomic E-state index is 0.582. The van der Waals surface area contributed by atoms with Crippen LogP contribution in [0, 0.1) is 0 Å². The van der Waals surface area contributed by atoms with Crippen LogP contribution in [-0.4, -0.2) is 16.5 Å². The third-order valence-electron chi connectivity index (χ3n) is 2.78. The molecule has 2 N–H and O–H groups in total. The van der Waals surface area contributed by atoms with Crippen LogP contribution in [0.5, 0.6) is 0 Å². The predicted molar refractivity (Wildman–Crippen MR) is 70.0 cm³/mol. The summed E-state index contributed by atoms with van der Waals surface area (Å²) in [6, 6.07) is 9.86. The van der Waals surface area contributed by atoms with Gasteiger partial charge in [-0.25, -0.2) is 4.98 Å². The highest BCUT2D eigenvalue weighted by atomic mass is 16.3. The van der Waals surface area contributed by atoms with Crippen molar-refractivity contribution in [2.75, 3.05) is 6.54 Å². The molecule has 0 saturated carbocycles. The van der Waals surface area contributed by atoms with Gasteiger partial charge in [0, 0.05) is 18.0 Å². The van der Waals surface area contributed by atoms with Gasteiger partial charge in [0.1, 0.15) is 11.3 Å². The lowest BCUT2D eigenvalue weighted by Gasteiger charge is -1.98. The van der Waals surface area contributed by atoms with Crippen molar-refractivity contribution in [3.63, 3.8) is 0 Å². The van der Waals surface area contributed by atoms with Gasteiger partial charge in [0.05, 0.1) is 11.9 Å². The van der Waals surface area contributed by atoms with E-state index in [1.165, 1.54) is 0 Å². The quantitative estimate of drug-likeness (QED) is 0.762. The van der Waals surface area contributed by atoms with Gasteiger partial charge < -0.3 is 10.2 Å². The maximum absolute atomic E-state index is 5.73. The number of fused-ring (bicyclic) bond motifs is 1. The average Bonchev–Trinajstić information content (AvgIpc) is 2.84. The van der Waals surface area contributed by atoms with Crippen molar-refractivity contribution < 1.29 is 4.42 Å². The SMILES string of the molecule is NCCc1cnc(-c2cc3ccccc3o2)cn1. The summed E-state index contributed by atoms with van der Waals surface area (Å²) in [6.45, 7) is 0.582. The van der Waals surface area contributed by atoms with E-state index in [2.05, 4.69) is 9.97 Å². The van der Waals surface area contributed by atoms with Gasteiger partial charge in [-0.15, -0.1) is 0 Å². The third-order valence-corrected chi connectivity index (χ3v) is 2.78. The monoisotopic (exact) mass is 239 g/mol. The zero-order valence-electron chi connectivity index (χ0n) is 9.84. The van der Waals surface area contributed by atoms with Gasteiger partial charge >= 0.3 is 0 Å². The summed E-state index contributed by atoms with van der Waals surface area (Å²) in [5.41, 5.74) is 7.98. The Kier molecular flexibility index (Phi) is 2.78. The molecule has 0 aliphatic rings. The number of para-hydroxylation sites is 1. The number of rotatable bonds is 3. The molecular formula is C14H13N3O. The normalized spacial score (nSPS) is 10.9. The van der Waals surface area contributed by atoms with E-state index in [0.717, 1.165) is 34.5 Å². The highest BCUT2D eigenvalue weighted by Crippen LogP contribution is 2.25. The molecule has 2 heterocycles. The average molecular weight is 239 g/mol. The first-order valence-electron chi connectivity index (χ1n) is 5.87. The zero-order valence-corrected chi connectivity index (χ0v) is 9.84. The second-order valence-electron chi connectivity index (χ2n) is 4.08. The van der Waals surface area contributed by atoms with E-state index < -0.39 is 0 Å². The summed E-state index contributed by atoms with van der Waals surface area (Å²) in [5, 5.41) is 1.07. The number of aromatic nitrogens is 2. The Morgan fingerprint density at radius 1 is 1.11 bits per heavy atom. The fraction of sp³-hybridized carbons (Fsp3) is 0.143. The van der Waals surface area contributed by atoms with Crippen LogP contribution in [0.2, 0.25) is 0 Å². The summed E-state index contributed by atoms with van der Waals surface area (Å²) in [6.07, 6.45) is 4.21. The van der Waals surface area contributed by atoms with Crippen LogP contribution in [0.4, 0.5) is 0 Å². The molecule has 0 atom stereocenters. The molecule has 1 aromatic carbocycles. The van der Waals surface area contributed by atoms with Crippen molar-refractivity contribution >= 4 is 11.0 Å². The molecule has 0 aliphatic carbocycles. The van der Waals surface area contributed by atoms with Crippen LogP contribution in [-0.2, 0) is 6.42 Å². The van der Waals surface area contributed by atoms with Crippen LogP contribution >= 0.6 is 0 Å². The predicted octanol–water partition coefficient (Wildman–Crippen LogP) is 2.39. The molecule has 0 radical (unpaired) electrons. The van der Waals surface area contributed by atoms with Crippen molar-refractivity contribution in [3.8, 4) is 11.5 Å². The lowest BCUT2D eigenvalue weighted by Crippen LogP contribution is -2.04. The Bertz CT molecular complexity index is 625. The molecule has 0 spiro atoms. The number of hydrogen-bond donors (Lipinski definition) is 1. The van der Waals surface area contributed by atoms with Gasteiger partial charge in [-0.1, -0.05) is 18.2 Å². The van der Waals surface area contributed by atoms with Gasteiger partial charge in [-0.05, 0) is 18.7 Å². The van der Waals surface area contributed by atoms with Crippen LogP contribution in [0.1, 0.15) is 5.69 Å². The first-order chi connectivity index (χ1) is 8.86. The molecule has 0 fully saturated rings. The Hall–Kier alpha value is -2.20. The van der Waals surface area contributed by atoms with E-state index in [-0.39, 0.29) is 0 Å². The molecular weight excluding hydrogens is 226 g/mol. The van der Waals surface area contributed by atoms with Crippen LogP contribution in [0.3, 0.4) is 0 Å². The van der Waals surface area contributed by atoms with Gasteiger partial charge in [-0.2, -0.15) is 0 Å². The van der Waals surface area contributed by atoms with Crippen LogP contribution in [0.25, 0.3) is 22.4 Å². The first-order valence-corrected chi connectivity index (χ1v) is 5.87. The van der Waals surface area contributed by atoms with Gasteiger partial charge in [0.25, 0.3) is 0 Å². The molecule has 0 bridgehead atoms. The Balaban J connectivity index is 1.98. The number of nitrogens with zero attached hydrogens (tertiary/aromatic N) is 2. The summed E-state index contributed by atoms with van der Waals surface area (Å²) in [5.74, 6) is 0.739. The summed E-state index contributed by atoms with van der Waals surface area (Å²) < 4.78 is 5.73. The Morgan fingerprint density at radius 2 is 2.00 bits per heavy atom. The first kappa shape index (κ1) is 10.9. The van der Waals surface area contributed by atoms with Crippen LogP contribution in [0.15, 0.2) is 47.1 Å². The molecule has 0 unspecified atom stereocenters. The molecule has 4 nitrogen and oxygen atoms in total. The van der Waals surface area contributed by atoms with Crippen molar-refractivity contribution in [2.24, 2.45) is 5.73 Å². The second kappa shape index (κ2) is 4.58. The van der Waals surface area contributed by atoms with Crippen LogP contribution < -0.4 is 5.73 Å². The van der Waals surface area contributed by atoms with E-state index in [0.29, 0.717) is 6.54 Å². The Morgan fingerprint density at radius 3 is 2.72 bits per heavy atom. The molecule has 0 amide bonds. The van der Waals surface area contributed by atoms with E-state index in [1.54, 1.807) is 12.4 Å². The van der Waals surface area contributed by atoms with Gasteiger partial charge in [0.15, 0.2) is 5.76 Å². The topological polar surface area (TPSA) is 64.9 Å². The van der Waals surface area contributed by atoms with Gasteiger partial charge in [0.2, 0.25) is 0 Å². The summed E-state index contributed by atoms with van der Waals surface area (Å²) in [4.78, 5) is 8.66. The van der Waals surface area contributed by atoms with E-state index >= 15 is 0 Å². The number of benzene rings is 1. The van der Waals surface area contributed by atoms with E-state index in [9.17, 15) is 0 Å². The molecule has 18 heavy (non-hydrogen) atoms.